The largest absolute Gasteiger partial charge is 0.390 e. The monoisotopic (exact) mass is 353 g/mol. The molecule has 25 heavy (non-hydrogen) atoms. The van der Waals surface area contributed by atoms with E-state index < -0.39 is 17.4 Å². The Morgan fingerprint density at radius 2 is 1.88 bits per heavy atom. The van der Waals surface area contributed by atoms with Gasteiger partial charge in [-0.25, -0.2) is 9.78 Å². The van der Waals surface area contributed by atoms with Crippen LogP contribution in [0, 0.1) is 0 Å². The molecule has 9 nitrogen and oxygen atoms in total. The lowest BCUT2D eigenvalue weighted by Crippen LogP contribution is -2.42. The number of fused-ring (bicyclic) bond motifs is 1. The number of nitrogens with zero attached hydrogens (tertiary/aromatic N) is 4. The third-order valence-corrected chi connectivity index (χ3v) is 3.96. The van der Waals surface area contributed by atoms with Gasteiger partial charge in [-0.15, -0.1) is 0 Å². The van der Waals surface area contributed by atoms with E-state index in [1.165, 1.54) is 18.7 Å². The Kier molecular flexibility index (Phi) is 5.50. The standard InChI is InChI=1S/C16H27N5O4/c1-16(2,3)17-7-10(22)8-21-11(9-25-6)18-13-12(21)14(23)20(5)15(24)19(13)4/h10,17,22H,7-9H2,1-6H3/t10-/m1/s1. The van der Waals surface area contributed by atoms with Crippen molar-refractivity contribution in [3.05, 3.63) is 26.7 Å². The fourth-order valence-corrected chi connectivity index (χ4v) is 2.63. The summed E-state index contributed by atoms with van der Waals surface area (Å²) in [7, 11) is 4.52. The van der Waals surface area contributed by atoms with E-state index in [-0.39, 0.29) is 29.9 Å². The zero-order chi connectivity index (χ0) is 18.9. The highest BCUT2D eigenvalue weighted by atomic mass is 16.5. The molecule has 0 amide bonds. The molecular formula is C16H27N5O4. The SMILES string of the molecule is COCc1nc2c(c(=O)n(C)c(=O)n2C)n1C[C@H](O)CNC(C)(C)C. The van der Waals surface area contributed by atoms with Gasteiger partial charge in [0.1, 0.15) is 12.4 Å². The molecule has 2 N–H and O–H groups in total. The second-order valence-corrected chi connectivity index (χ2v) is 7.23. The number of β-amino-alcohol motifs (C(OH)–C–C–N with tert-alkyl or cyclic N) is 1. The van der Waals surface area contributed by atoms with Crippen LogP contribution in [0.15, 0.2) is 9.59 Å². The van der Waals surface area contributed by atoms with Gasteiger partial charge in [-0.1, -0.05) is 0 Å². The van der Waals surface area contributed by atoms with Gasteiger partial charge in [0.05, 0.1) is 12.6 Å². The fourth-order valence-electron chi connectivity index (χ4n) is 2.63. The molecular weight excluding hydrogens is 326 g/mol. The van der Waals surface area contributed by atoms with E-state index >= 15 is 0 Å². The molecule has 2 aromatic heterocycles. The van der Waals surface area contributed by atoms with E-state index in [1.54, 1.807) is 11.6 Å². The molecule has 0 saturated carbocycles. The first-order valence-electron chi connectivity index (χ1n) is 8.14. The van der Waals surface area contributed by atoms with Gasteiger partial charge in [0.2, 0.25) is 0 Å². The molecule has 0 aliphatic heterocycles. The number of aliphatic hydroxyl groups excluding tert-OH is 1. The summed E-state index contributed by atoms with van der Waals surface area (Å²) in [6.45, 7) is 6.73. The summed E-state index contributed by atoms with van der Waals surface area (Å²) < 4.78 is 9.16. The summed E-state index contributed by atoms with van der Waals surface area (Å²) in [4.78, 5) is 29.1. The number of hydrogen-bond donors (Lipinski definition) is 2. The van der Waals surface area contributed by atoms with E-state index in [9.17, 15) is 14.7 Å². The van der Waals surface area contributed by atoms with Crippen molar-refractivity contribution in [3.63, 3.8) is 0 Å². The summed E-state index contributed by atoms with van der Waals surface area (Å²) >= 11 is 0. The highest BCUT2D eigenvalue weighted by molar-refractivity contribution is 5.71. The molecule has 0 fully saturated rings. The Morgan fingerprint density at radius 1 is 1.24 bits per heavy atom. The zero-order valence-electron chi connectivity index (χ0n) is 15.7. The molecule has 0 radical (unpaired) electrons. The third kappa shape index (κ3) is 4.00. The van der Waals surface area contributed by atoms with Crippen LogP contribution in [-0.2, 0) is 32.0 Å². The Hall–Kier alpha value is -1.97. The molecule has 140 valence electrons. The van der Waals surface area contributed by atoms with E-state index in [0.717, 1.165) is 4.57 Å². The van der Waals surface area contributed by atoms with Crippen molar-refractivity contribution in [2.75, 3.05) is 13.7 Å². The van der Waals surface area contributed by atoms with Crippen LogP contribution in [-0.4, -0.2) is 49.1 Å². The van der Waals surface area contributed by atoms with Gasteiger partial charge in [-0.05, 0) is 20.8 Å². The number of aryl methyl sites for hydroxylation is 1. The molecule has 0 aliphatic carbocycles. The lowest BCUT2D eigenvalue weighted by Gasteiger charge is -2.23. The number of aliphatic hydroxyl groups is 1. The highest BCUT2D eigenvalue weighted by Gasteiger charge is 2.21. The fraction of sp³-hybridized carbons (Fsp3) is 0.688. The second-order valence-electron chi connectivity index (χ2n) is 7.23. The molecule has 0 aliphatic rings. The van der Waals surface area contributed by atoms with Crippen molar-refractivity contribution in [2.24, 2.45) is 14.1 Å². The van der Waals surface area contributed by atoms with E-state index in [1.807, 2.05) is 20.8 Å². The average Bonchev–Trinajstić information content (AvgIpc) is 2.87. The van der Waals surface area contributed by atoms with Crippen LogP contribution < -0.4 is 16.6 Å². The van der Waals surface area contributed by atoms with Gasteiger partial charge < -0.3 is 19.7 Å². The molecule has 0 bridgehead atoms. The van der Waals surface area contributed by atoms with Crippen LogP contribution in [0.25, 0.3) is 11.2 Å². The zero-order valence-corrected chi connectivity index (χ0v) is 15.7. The van der Waals surface area contributed by atoms with Gasteiger partial charge in [0.25, 0.3) is 5.56 Å². The minimum Gasteiger partial charge on any atom is -0.390 e. The summed E-state index contributed by atoms with van der Waals surface area (Å²) in [5, 5.41) is 13.6. The number of nitrogens with one attached hydrogen (secondary N) is 1. The molecule has 0 saturated heterocycles. The van der Waals surface area contributed by atoms with Crippen LogP contribution in [0.5, 0.6) is 0 Å². The molecule has 2 rings (SSSR count). The molecule has 1 atom stereocenters. The molecule has 9 heteroatoms. The molecule has 0 spiro atoms. The van der Waals surface area contributed by atoms with E-state index in [0.29, 0.717) is 12.4 Å². The number of methoxy groups -OCH3 is 1. The van der Waals surface area contributed by atoms with Crippen LogP contribution in [0.3, 0.4) is 0 Å². The topological polar surface area (TPSA) is 103 Å². The van der Waals surface area contributed by atoms with Gasteiger partial charge in [0.15, 0.2) is 11.2 Å². The van der Waals surface area contributed by atoms with Crippen LogP contribution in [0.4, 0.5) is 0 Å². The van der Waals surface area contributed by atoms with Crippen molar-refractivity contribution in [1.82, 2.24) is 24.0 Å². The maximum absolute atomic E-state index is 12.6. The average molecular weight is 353 g/mol. The van der Waals surface area contributed by atoms with E-state index in [2.05, 4.69) is 10.3 Å². The first-order valence-corrected chi connectivity index (χ1v) is 8.14. The summed E-state index contributed by atoms with van der Waals surface area (Å²) in [5.41, 5.74) is -0.444. The summed E-state index contributed by atoms with van der Waals surface area (Å²) in [6, 6.07) is 0. The van der Waals surface area contributed by atoms with Crippen molar-refractivity contribution in [2.45, 2.75) is 45.6 Å². The lowest BCUT2D eigenvalue weighted by atomic mass is 10.1. The van der Waals surface area contributed by atoms with Crippen molar-refractivity contribution in [1.29, 1.82) is 0 Å². The molecule has 2 aromatic rings. The molecule has 0 aromatic carbocycles. The number of rotatable bonds is 6. The predicted octanol–water partition coefficient (Wildman–Crippen LogP) is -0.671. The van der Waals surface area contributed by atoms with Crippen LogP contribution >= 0.6 is 0 Å². The van der Waals surface area contributed by atoms with Gasteiger partial charge in [-0.2, -0.15) is 0 Å². The van der Waals surface area contributed by atoms with Crippen LogP contribution in [0.1, 0.15) is 26.6 Å². The minimum atomic E-state index is -0.728. The maximum atomic E-state index is 12.6. The first kappa shape index (κ1) is 19.4. The van der Waals surface area contributed by atoms with E-state index in [4.69, 9.17) is 4.74 Å². The second kappa shape index (κ2) is 7.11. The Balaban J connectivity index is 2.52. The van der Waals surface area contributed by atoms with Crippen molar-refractivity contribution in [3.8, 4) is 0 Å². The van der Waals surface area contributed by atoms with Gasteiger partial charge in [0, 0.05) is 33.3 Å². The maximum Gasteiger partial charge on any atom is 0.332 e. The summed E-state index contributed by atoms with van der Waals surface area (Å²) in [5.74, 6) is 0.491. The van der Waals surface area contributed by atoms with Crippen molar-refractivity contribution >= 4 is 11.2 Å². The summed E-state index contributed by atoms with van der Waals surface area (Å²) in [6.07, 6.45) is -0.728. The molecule has 0 unspecified atom stereocenters. The van der Waals surface area contributed by atoms with Gasteiger partial charge >= 0.3 is 5.69 Å². The van der Waals surface area contributed by atoms with Gasteiger partial charge in [-0.3, -0.25) is 13.9 Å². The molecule has 2 heterocycles. The first-order chi connectivity index (χ1) is 11.6. The van der Waals surface area contributed by atoms with Crippen molar-refractivity contribution < 1.29 is 9.84 Å². The minimum absolute atomic E-state index is 0.132. The number of hydrogen-bond acceptors (Lipinski definition) is 6. The lowest BCUT2D eigenvalue weighted by molar-refractivity contribution is 0.134. The number of imidazole rings is 1. The normalized spacial score (nSPS) is 13.6. The third-order valence-electron chi connectivity index (χ3n) is 3.96. The number of ether oxygens (including phenoxy) is 1. The smallest absolute Gasteiger partial charge is 0.332 e. The highest BCUT2D eigenvalue weighted by Crippen LogP contribution is 2.13. The Labute approximate surface area is 145 Å². The number of aromatic nitrogens is 4. The quantitative estimate of drug-likeness (QED) is 0.714. The Bertz CT molecular complexity index is 872. The van der Waals surface area contributed by atoms with Crippen LogP contribution in [0.2, 0.25) is 0 Å². The predicted molar refractivity (Wildman–Crippen MR) is 94.7 cm³/mol. The Morgan fingerprint density at radius 3 is 2.44 bits per heavy atom.